The van der Waals surface area contributed by atoms with Crippen LogP contribution in [0, 0.1) is 5.92 Å². The molecule has 2 heterocycles. The van der Waals surface area contributed by atoms with E-state index in [9.17, 15) is 4.79 Å². The maximum atomic E-state index is 12.7. The molecule has 0 spiro atoms. The van der Waals surface area contributed by atoms with Crippen LogP contribution in [-0.2, 0) is 0 Å². The highest BCUT2D eigenvalue weighted by Gasteiger charge is 2.42. The lowest BCUT2D eigenvalue weighted by Crippen LogP contribution is -2.18. The minimum Gasteiger partial charge on any atom is -0.274 e. The van der Waals surface area contributed by atoms with Gasteiger partial charge in [-0.15, -0.1) is 0 Å². The molecule has 102 valence electrons. The highest BCUT2D eigenvalue weighted by atomic mass is 16.2. The molecule has 2 aromatic carbocycles. The lowest BCUT2D eigenvalue weighted by Gasteiger charge is -2.17. The molecule has 0 unspecified atom stereocenters. The Morgan fingerprint density at radius 1 is 1.00 bits per heavy atom. The Balaban J connectivity index is 1.84. The van der Waals surface area contributed by atoms with Crippen LogP contribution in [0.1, 0.15) is 29.4 Å². The van der Waals surface area contributed by atoms with Gasteiger partial charge in [0, 0.05) is 5.92 Å². The minimum atomic E-state index is 0.0911. The predicted molar refractivity (Wildman–Crippen MR) is 82.5 cm³/mol. The first-order valence-electron chi connectivity index (χ1n) is 7.43. The molecule has 0 amide bonds. The quantitative estimate of drug-likeness (QED) is 0.583. The Bertz CT molecular complexity index is 935. The first kappa shape index (κ1) is 11.3. The number of aromatic nitrogens is 2. The standard InChI is InChI=1S/C18H14N2O/c21-18-14-8-4-3-7-13(14)17-19-15-9-11-5-1-2-6-12(11)10-16(15)20(17)18/h1-6,9-10,13-14H,7-8H2/t13-,14+/m0/s1. The van der Waals surface area contributed by atoms with E-state index in [-0.39, 0.29) is 17.7 Å². The molecular formula is C18H14N2O. The van der Waals surface area contributed by atoms with Crippen LogP contribution < -0.4 is 0 Å². The number of fused-ring (bicyclic) bond motifs is 6. The minimum absolute atomic E-state index is 0.0911. The Labute approximate surface area is 121 Å². The number of hydrogen-bond acceptors (Lipinski definition) is 2. The Hall–Kier alpha value is -2.42. The zero-order chi connectivity index (χ0) is 14.0. The van der Waals surface area contributed by atoms with Crippen molar-refractivity contribution in [1.29, 1.82) is 0 Å². The molecule has 0 saturated carbocycles. The first-order chi connectivity index (χ1) is 10.3. The van der Waals surface area contributed by atoms with Crippen LogP contribution in [0.5, 0.6) is 0 Å². The van der Waals surface area contributed by atoms with E-state index in [1.54, 1.807) is 0 Å². The fraction of sp³-hybridized carbons (Fsp3) is 0.222. The molecule has 0 radical (unpaired) electrons. The molecule has 2 aliphatic rings. The highest BCUT2D eigenvalue weighted by molar-refractivity contribution is 6.01. The number of benzene rings is 2. The number of nitrogens with zero attached hydrogens (tertiary/aromatic N) is 2. The van der Waals surface area contributed by atoms with Gasteiger partial charge in [0.1, 0.15) is 5.82 Å². The summed E-state index contributed by atoms with van der Waals surface area (Å²) in [6.07, 6.45) is 6.09. The van der Waals surface area contributed by atoms with Crippen LogP contribution in [0.25, 0.3) is 21.8 Å². The van der Waals surface area contributed by atoms with Gasteiger partial charge in [0.05, 0.1) is 17.0 Å². The maximum absolute atomic E-state index is 12.7. The van der Waals surface area contributed by atoms with E-state index >= 15 is 0 Å². The zero-order valence-corrected chi connectivity index (χ0v) is 11.5. The smallest absolute Gasteiger partial charge is 0.236 e. The van der Waals surface area contributed by atoms with Crippen molar-refractivity contribution in [3.63, 3.8) is 0 Å². The van der Waals surface area contributed by atoms with Crippen molar-refractivity contribution >= 4 is 27.7 Å². The highest BCUT2D eigenvalue weighted by Crippen LogP contribution is 2.42. The summed E-state index contributed by atoms with van der Waals surface area (Å²) < 4.78 is 1.87. The summed E-state index contributed by atoms with van der Waals surface area (Å²) >= 11 is 0. The molecule has 3 nitrogen and oxygen atoms in total. The number of hydrogen-bond donors (Lipinski definition) is 0. The lowest BCUT2D eigenvalue weighted by atomic mass is 9.84. The van der Waals surface area contributed by atoms with E-state index in [0.717, 1.165) is 35.1 Å². The van der Waals surface area contributed by atoms with Crippen LogP contribution in [0.15, 0.2) is 48.6 Å². The van der Waals surface area contributed by atoms with E-state index in [1.165, 1.54) is 5.39 Å². The fourth-order valence-corrected chi connectivity index (χ4v) is 3.80. The summed E-state index contributed by atoms with van der Waals surface area (Å²) in [7, 11) is 0. The van der Waals surface area contributed by atoms with Crippen LogP contribution >= 0.6 is 0 Å². The van der Waals surface area contributed by atoms with E-state index in [2.05, 4.69) is 36.4 Å². The third kappa shape index (κ3) is 1.38. The molecule has 1 aliphatic heterocycles. The molecule has 2 atom stereocenters. The molecule has 0 fully saturated rings. The van der Waals surface area contributed by atoms with E-state index in [1.807, 2.05) is 16.7 Å². The van der Waals surface area contributed by atoms with E-state index in [0.29, 0.717) is 0 Å². The molecule has 1 aromatic heterocycles. The number of carbonyl (C=O) groups is 1. The first-order valence-corrected chi connectivity index (χ1v) is 7.43. The molecule has 0 saturated heterocycles. The second-order valence-electron chi connectivity index (χ2n) is 5.99. The Kier molecular flexibility index (Phi) is 2.05. The average Bonchev–Trinajstić information content (AvgIpc) is 3.02. The lowest BCUT2D eigenvalue weighted by molar-refractivity contribution is 0.0857. The summed E-state index contributed by atoms with van der Waals surface area (Å²) in [6, 6.07) is 12.4. The monoisotopic (exact) mass is 274 g/mol. The van der Waals surface area contributed by atoms with Gasteiger partial charge in [0.15, 0.2) is 0 Å². The third-order valence-electron chi connectivity index (χ3n) is 4.85. The molecule has 0 N–H and O–H groups in total. The second kappa shape index (κ2) is 3.82. The van der Waals surface area contributed by atoms with Crippen molar-refractivity contribution < 1.29 is 4.79 Å². The molecule has 1 aliphatic carbocycles. The number of imidazole rings is 1. The predicted octanol–water partition coefficient (Wildman–Crippen LogP) is 3.89. The van der Waals surface area contributed by atoms with Gasteiger partial charge in [-0.25, -0.2) is 4.98 Å². The van der Waals surface area contributed by atoms with Crippen molar-refractivity contribution in [2.45, 2.75) is 18.8 Å². The van der Waals surface area contributed by atoms with Gasteiger partial charge in [-0.3, -0.25) is 9.36 Å². The number of carbonyl (C=O) groups excluding carboxylic acids is 1. The van der Waals surface area contributed by atoms with Gasteiger partial charge in [-0.2, -0.15) is 0 Å². The van der Waals surface area contributed by atoms with Crippen molar-refractivity contribution in [3.8, 4) is 0 Å². The van der Waals surface area contributed by atoms with E-state index < -0.39 is 0 Å². The molecular weight excluding hydrogens is 260 g/mol. The zero-order valence-electron chi connectivity index (χ0n) is 11.5. The van der Waals surface area contributed by atoms with Gasteiger partial charge < -0.3 is 0 Å². The van der Waals surface area contributed by atoms with Gasteiger partial charge in [-0.1, -0.05) is 36.4 Å². The molecule has 5 rings (SSSR count). The second-order valence-corrected chi connectivity index (χ2v) is 5.99. The fourth-order valence-electron chi connectivity index (χ4n) is 3.80. The summed E-state index contributed by atoms with van der Waals surface area (Å²) in [4.78, 5) is 17.5. The summed E-state index contributed by atoms with van der Waals surface area (Å²) in [5.41, 5.74) is 1.90. The van der Waals surface area contributed by atoms with Gasteiger partial charge in [0.25, 0.3) is 0 Å². The Morgan fingerprint density at radius 2 is 1.71 bits per heavy atom. The van der Waals surface area contributed by atoms with Crippen molar-refractivity contribution in [3.05, 3.63) is 54.4 Å². The SMILES string of the molecule is O=C1[C@@H]2CC=CC[C@@H]2c2nc3cc4ccccc4cc3n21. The summed E-state index contributed by atoms with van der Waals surface area (Å²) in [6.45, 7) is 0. The van der Waals surface area contributed by atoms with Gasteiger partial charge in [-0.05, 0) is 35.7 Å². The topological polar surface area (TPSA) is 34.9 Å². The Morgan fingerprint density at radius 3 is 2.52 bits per heavy atom. The summed E-state index contributed by atoms with van der Waals surface area (Å²) in [5.74, 6) is 1.53. The van der Waals surface area contributed by atoms with Gasteiger partial charge >= 0.3 is 0 Å². The molecule has 21 heavy (non-hydrogen) atoms. The molecule has 3 aromatic rings. The largest absolute Gasteiger partial charge is 0.274 e. The van der Waals surface area contributed by atoms with Crippen LogP contribution in [-0.4, -0.2) is 15.5 Å². The average molecular weight is 274 g/mol. The van der Waals surface area contributed by atoms with Crippen LogP contribution in [0.3, 0.4) is 0 Å². The van der Waals surface area contributed by atoms with Crippen molar-refractivity contribution in [2.75, 3.05) is 0 Å². The van der Waals surface area contributed by atoms with Crippen LogP contribution in [0.4, 0.5) is 0 Å². The maximum Gasteiger partial charge on any atom is 0.236 e. The van der Waals surface area contributed by atoms with Gasteiger partial charge in [0.2, 0.25) is 5.91 Å². The number of allylic oxidation sites excluding steroid dienone is 2. The van der Waals surface area contributed by atoms with Crippen molar-refractivity contribution in [2.24, 2.45) is 5.92 Å². The third-order valence-corrected chi connectivity index (χ3v) is 4.85. The molecule has 0 bridgehead atoms. The molecule has 3 heteroatoms. The number of rotatable bonds is 0. The van der Waals surface area contributed by atoms with E-state index in [4.69, 9.17) is 4.98 Å². The summed E-state index contributed by atoms with van der Waals surface area (Å²) in [5, 5.41) is 2.34. The van der Waals surface area contributed by atoms with Crippen molar-refractivity contribution in [1.82, 2.24) is 9.55 Å². The normalized spacial score (nSPS) is 23.7. The van der Waals surface area contributed by atoms with Crippen LogP contribution in [0.2, 0.25) is 0 Å².